The molecule has 170 valence electrons. The fraction of sp³-hybridized carbons (Fsp3) is 0.375. The zero-order valence-corrected chi connectivity index (χ0v) is 20.0. The molecule has 8 heteroatoms. The van der Waals surface area contributed by atoms with Gasteiger partial charge in [0.1, 0.15) is 11.9 Å². The average Bonchev–Trinajstić information content (AvgIpc) is 3.21. The van der Waals surface area contributed by atoms with Gasteiger partial charge in [0.2, 0.25) is 5.91 Å². The van der Waals surface area contributed by atoms with Gasteiger partial charge in [-0.2, -0.15) is 0 Å². The zero-order chi connectivity index (χ0) is 23.3. The van der Waals surface area contributed by atoms with Crippen molar-refractivity contribution in [2.45, 2.75) is 44.3 Å². The number of hydrogen-bond donors (Lipinski definition) is 2. The molecule has 0 aliphatic rings. The molecule has 0 fully saturated rings. The molecular formula is C24H31FN5OS+. The Balaban J connectivity index is 1.74. The molecule has 2 aromatic carbocycles. The van der Waals surface area contributed by atoms with Crippen molar-refractivity contribution in [1.29, 1.82) is 0 Å². The number of quaternary nitrogens is 1. The first-order chi connectivity index (χ1) is 15.3. The predicted octanol–water partition coefficient (Wildman–Crippen LogP) is 3.86. The van der Waals surface area contributed by atoms with Crippen LogP contribution in [0.1, 0.15) is 50.5 Å². The summed E-state index contributed by atoms with van der Waals surface area (Å²) in [5.41, 5.74) is 2.80. The largest absolute Gasteiger partial charge is 0.331 e. The minimum Gasteiger partial charge on any atom is -0.331 e. The van der Waals surface area contributed by atoms with Gasteiger partial charge in [0.15, 0.2) is 11.0 Å². The molecule has 1 heterocycles. The van der Waals surface area contributed by atoms with Gasteiger partial charge in [-0.1, -0.05) is 37.7 Å². The number of aromatic nitrogens is 3. The lowest BCUT2D eigenvalue weighted by Gasteiger charge is -2.18. The Bertz CT molecular complexity index is 1030. The van der Waals surface area contributed by atoms with Gasteiger partial charge in [0.05, 0.1) is 19.8 Å². The van der Waals surface area contributed by atoms with Crippen LogP contribution in [0.15, 0.2) is 53.7 Å². The van der Waals surface area contributed by atoms with E-state index in [2.05, 4.69) is 48.4 Å². The highest BCUT2D eigenvalue weighted by Gasteiger charge is 2.24. The van der Waals surface area contributed by atoms with E-state index in [9.17, 15) is 9.18 Å². The zero-order valence-electron chi connectivity index (χ0n) is 19.2. The summed E-state index contributed by atoms with van der Waals surface area (Å²) in [6.07, 6.45) is 1.08. The molecule has 1 aromatic heterocycles. The lowest BCUT2D eigenvalue weighted by Crippen LogP contribution is -3.05. The standard InChI is InChI=1S/C24H30FN5OS/c1-6-16(2)18-7-11-20(12-8-18)26-22(31)15-32-24-28-27-23(17(3)29(4)5)30(24)21-13-9-19(25)10-14-21/h7-14,16-17H,6,15H2,1-5H3,(H,26,31)/p+1/t16-,17+/m0/s1. The van der Waals surface area contributed by atoms with Crippen LogP contribution in [0.3, 0.4) is 0 Å². The molecule has 0 aliphatic heterocycles. The van der Waals surface area contributed by atoms with E-state index >= 15 is 0 Å². The molecule has 0 aliphatic carbocycles. The van der Waals surface area contributed by atoms with Crippen LogP contribution in [0.2, 0.25) is 0 Å². The van der Waals surface area contributed by atoms with E-state index in [-0.39, 0.29) is 23.5 Å². The van der Waals surface area contributed by atoms with Crippen LogP contribution in [0.4, 0.5) is 10.1 Å². The number of hydrogen-bond acceptors (Lipinski definition) is 4. The number of nitrogens with zero attached hydrogens (tertiary/aromatic N) is 3. The van der Waals surface area contributed by atoms with E-state index in [1.165, 1.54) is 34.4 Å². The van der Waals surface area contributed by atoms with Crippen LogP contribution in [0.5, 0.6) is 0 Å². The second-order valence-corrected chi connectivity index (χ2v) is 9.16. The SMILES string of the molecule is CC[C@H](C)c1ccc(NC(=O)CSc2nnc([C@@H](C)[NH+](C)C)n2-c2ccc(F)cc2)cc1. The fourth-order valence-corrected chi connectivity index (χ4v) is 3.96. The number of rotatable bonds is 9. The normalized spacial score (nSPS) is 13.2. The number of amides is 1. The highest BCUT2D eigenvalue weighted by Crippen LogP contribution is 2.25. The van der Waals surface area contributed by atoms with Gasteiger partial charge in [-0.3, -0.25) is 9.36 Å². The third-order valence-electron chi connectivity index (χ3n) is 5.70. The van der Waals surface area contributed by atoms with Crippen molar-refractivity contribution in [1.82, 2.24) is 14.8 Å². The van der Waals surface area contributed by atoms with Crippen LogP contribution in [0, 0.1) is 5.82 Å². The Morgan fingerprint density at radius 3 is 2.34 bits per heavy atom. The number of carbonyl (C=O) groups excluding carboxylic acids is 1. The predicted molar refractivity (Wildman–Crippen MR) is 127 cm³/mol. The van der Waals surface area contributed by atoms with Crippen molar-refractivity contribution in [3.05, 3.63) is 65.7 Å². The summed E-state index contributed by atoms with van der Waals surface area (Å²) in [5, 5.41) is 12.2. The molecule has 0 saturated carbocycles. The van der Waals surface area contributed by atoms with Crippen LogP contribution in [0.25, 0.3) is 5.69 Å². The van der Waals surface area contributed by atoms with E-state index in [1.807, 2.05) is 30.8 Å². The Labute approximate surface area is 193 Å². The second-order valence-electron chi connectivity index (χ2n) is 8.22. The maximum Gasteiger partial charge on any atom is 0.234 e. The molecule has 6 nitrogen and oxygen atoms in total. The Morgan fingerprint density at radius 1 is 1.09 bits per heavy atom. The second kappa shape index (κ2) is 10.7. The molecule has 0 saturated heterocycles. The quantitative estimate of drug-likeness (QED) is 0.480. The Hall–Kier alpha value is -2.71. The monoisotopic (exact) mass is 456 g/mol. The molecule has 1 amide bonds. The number of thioether (sulfide) groups is 1. The minimum absolute atomic E-state index is 0.0692. The molecule has 3 aromatic rings. The Kier molecular flexibility index (Phi) is 8.04. The lowest BCUT2D eigenvalue weighted by molar-refractivity contribution is -0.890. The highest BCUT2D eigenvalue weighted by atomic mass is 32.2. The number of nitrogens with one attached hydrogen (secondary N) is 2. The molecule has 2 atom stereocenters. The third-order valence-corrected chi connectivity index (χ3v) is 6.63. The third kappa shape index (κ3) is 5.75. The van der Waals surface area contributed by atoms with Crippen LogP contribution in [-0.4, -0.2) is 40.5 Å². The number of halogens is 1. The summed E-state index contributed by atoms with van der Waals surface area (Å²) in [6.45, 7) is 6.41. The van der Waals surface area contributed by atoms with Crippen molar-refractivity contribution in [3.8, 4) is 5.69 Å². The van der Waals surface area contributed by atoms with Crippen molar-refractivity contribution in [3.63, 3.8) is 0 Å². The van der Waals surface area contributed by atoms with Crippen molar-refractivity contribution in [2.24, 2.45) is 0 Å². The molecule has 3 rings (SSSR count). The van der Waals surface area contributed by atoms with Crippen LogP contribution < -0.4 is 10.2 Å². The first-order valence-corrected chi connectivity index (χ1v) is 11.8. The maximum atomic E-state index is 13.5. The molecular weight excluding hydrogens is 425 g/mol. The van der Waals surface area contributed by atoms with Crippen LogP contribution >= 0.6 is 11.8 Å². The molecule has 32 heavy (non-hydrogen) atoms. The van der Waals surface area contributed by atoms with E-state index < -0.39 is 0 Å². The topological polar surface area (TPSA) is 64.2 Å². The average molecular weight is 457 g/mol. The van der Waals surface area contributed by atoms with Crippen LogP contribution in [-0.2, 0) is 4.79 Å². The summed E-state index contributed by atoms with van der Waals surface area (Å²) in [4.78, 5) is 13.7. The summed E-state index contributed by atoms with van der Waals surface area (Å²) in [6, 6.07) is 14.3. The number of carbonyl (C=O) groups is 1. The smallest absolute Gasteiger partial charge is 0.234 e. The molecule has 0 bridgehead atoms. The fourth-order valence-electron chi connectivity index (χ4n) is 3.20. The van der Waals surface area contributed by atoms with Crippen molar-refractivity contribution >= 4 is 23.4 Å². The molecule has 2 N–H and O–H groups in total. The molecule has 0 spiro atoms. The van der Waals surface area contributed by atoms with E-state index in [1.54, 1.807) is 12.1 Å². The van der Waals surface area contributed by atoms with E-state index in [0.29, 0.717) is 11.1 Å². The van der Waals surface area contributed by atoms with Crippen molar-refractivity contribution < 1.29 is 14.1 Å². The lowest BCUT2D eigenvalue weighted by atomic mass is 9.99. The van der Waals surface area contributed by atoms with Gasteiger partial charge >= 0.3 is 0 Å². The summed E-state index contributed by atoms with van der Waals surface area (Å²) < 4.78 is 15.4. The number of benzene rings is 2. The minimum atomic E-state index is -0.303. The molecule has 0 radical (unpaired) electrons. The Morgan fingerprint density at radius 2 is 1.75 bits per heavy atom. The van der Waals surface area contributed by atoms with Gasteiger partial charge in [-0.05, 0) is 61.2 Å². The highest BCUT2D eigenvalue weighted by molar-refractivity contribution is 7.99. The summed E-state index contributed by atoms with van der Waals surface area (Å²) in [7, 11) is 4.09. The van der Waals surface area contributed by atoms with Crippen molar-refractivity contribution in [2.75, 3.05) is 25.2 Å². The first kappa shape index (κ1) is 23.9. The maximum absolute atomic E-state index is 13.5. The van der Waals surface area contributed by atoms with Gasteiger partial charge in [0.25, 0.3) is 0 Å². The summed E-state index contributed by atoms with van der Waals surface area (Å²) >= 11 is 1.31. The van der Waals surface area contributed by atoms with Gasteiger partial charge < -0.3 is 10.2 Å². The van der Waals surface area contributed by atoms with Gasteiger partial charge in [-0.25, -0.2) is 4.39 Å². The summed E-state index contributed by atoms with van der Waals surface area (Å²) in [5.74, 6) is 1.03. The first-order valence-electron chi connectivity index (χ1n) is 10.8. The molecule has 0 unspecified atom stereocenters. The van der Waals surface area contributed by atoms with Gasteiger partial charge in [0, 0.05) is 11.4 Å². The van der Waals surface area contributed by atoms with E-state index in [0.717, 1.165) is 23.6 Å². The van der Waals surface area contributed by atoms with Gasteiger partial charge in [-0.15, -0.1) is 10.2 Å². The van der Waals surface area contributed by atoms with E-state index in [4.69, 9.17) is 0 Å². The number of anilines is 1.